The summed E-state index contributed by atoms with van der Waals surface area (Å²) in [5, 5.41) is 4.90. The number of ether oxygens (including phenoxy) is 1. The Bertz CT molecular complexity index is 482. The van der Waals surface area contributed by atoms with Crippen LogP contribution in [0.15, 0.2) is 12.1 Å². The second kappa shape index (κ2) is 6.13. The van der Waals surface area contributed by atoms with Crippen LogP contribution in [0.3, 0.4) is 0 Å². The predicted octanol–water partition coefficient (Wildman–Crippen LogP) is 5.09. The topological polar surface area (TPSA) is 21.3 Å². The first kappa shape index (κ1) is 15.9. The summed E-state index contributed by atoms with van der Waals surface area (Å²) in [5.74, 6) is 1.37. The van der Waals surface area contributed by atoms with Crippen molar-refractivity contribution in [2.24, 2.45) is 11.3 Å². The highest BCUT2D eigenvalue weighted by molar-refractivity contribution is 6.35. The fourth-order valence-corrected chi connectivity index (χ4v) is 2.83. The molecule has 0 fully saturated rings. The molecule has 1 aromatic rings. The van der Waals surface area contributed by atoms with Crippen molar-refractivity contribution in [1.82, 2.24) is 5.32 Å². The fourth-order valence-electron chi connectivity index (χ4n) is 2.26. The highest BCUT2D eigenvalue weighted by Gasteiger charge is 2.26. The molecular weight excluding hydrogens is 293 g/mol. The summed E-state index contributed by atoms with van der Waals surface area (Å²) in [5.41, 5.74) is 1.38. The fraction of sp³-hybridized carbons (Fsp3) is 0.625. The Balaban J connectivity index is 2.13. The lowest BCUT2D eigenvalue weighted by atomic mass is 9.82. The molecule has 0 aromatic heterocycles. The van der Waals surface area contributed by atoms with Gasteiger partial charge < -0.3 is 10.1 Å². The first-order valence-corrected chi connectivity index (χ1v) is 7.89. The van der Waals surface area contributed by atoms with Crippen LogP contribution < -0.4 is 10.1 Å². The molecule has 1 heterocycles. The predicted molar refractivity (Wildman–Crippen MR) is 85.9 cm³/mol. The van der Waals surface area contributed by atoms with E-state index in [2.05, 4.69) is 33.0 Å². The molecule has 1 aliphatic heterocycles. The van der Waals surface area contributed by atoms with Crippen molar-refractivity contribution >= 4 is 23.2 Å². The molecule has 0 saturated heterocycles. The third-order valence-corrected chi connectivity index (χ3v) is 4.71. The standard InChI is InChI=1S/C16H23Cl2NO/c1-10(16(2,3)4)9-19-14-5-6-20-15-12(14)7-11(17)8-13(15)18/h7-8,10,14,19H,5-6,9H2,1-4H3. The molecule has 2 nitrogen and oxygen atoms in total. The summed E-state index contributed by atoms with van der Waals surface area (Å²) < 4.78 is 5.68. The van der Waals surface area contributed by atoms with Gasteiger partial charge in [0.1, 0.15) is 5.75 Å². The van der Waals surface area contributed by atoms with Gasteiger partial charge in [0.15, 0.2) is 0 Å². The van der Waals surface area contributed by atoms with E-state index < -0.39 is 0 Å². The van der Waals surface area contributed by atoms with Crippen LogP contribution in [-0.2, 0) is 0 Å². The van der Waals surface area contributed by atoms with E-state index in [1.165, 1.54) is 0 Å². The van der Waals surface area contributed by atoms with E-state index in [4.69, 9.17) is 27.9 Å². The highest BCUT2D eigenvalue weighted by Crippen LogP contribution is 2.40. The summed E-state index contributed by atoms with van der Waals surface area (Å²) >= 11 is 12.3. The first-order chi connectivity index (χ1) is 9.29. The molecule has 4 heteroatoms. The van der Waals surface area contributed by atoms with Crippen molar-refractivity contribution in [2.45, 2.75) is 40.2 Å². The Morgan fingerprint density at radius 1 is 1.35 bits per heavy atom. The molecule has 2 rings (SSSR count). The average Bonchev–Trinajstić information content (AvgIpc) is 2.34. The Kier molecular flexibility index (Phi) is 4.88. The highest BCUT2D eigenvalue weighted by atomic mass is 35.5. The molecule has 1 N–H and O–H groups in total. The van der Waals surface area contributed by atoms with Crippen molar-refractivity contribution in [3.63, 3.8) is 0 Å². The van der Waals surface area contributed by atoms with E-state index in [1.54, 1.807) is 6.07 Å². The summed E-state index contributed by atoms with van der Waals surface area (Å²) in [7, 11) is 0. The maximum Gasteiger partial charge on any atom is 0.142 e. The van der Waals surface area contributed by atoms with Crippen LogP contribution in [-0.4, -0.2) is 13.2 Å². The molecule has 20 heavy (non-hydrogen) atoms. The number of rotatable bonds is 3. The molecule has 0 amide bonds. The van der Waals surface area contributed by atoms with Crippen LogP contribution in [0.4, 0.5) is 0 Å². The molecule has 0 aliphatic carbocycles. The van der Waals surface area contributed by atoms with E-state index in [-0.39, 0.29) is 6.04 Å². The van der Waals surface area contributed by atoms with Gasteiger partial charge in [0, 0.05) is 23.0 Å². The van der Waals surface area contributed by atoms with Crippen LogP contribution in [0.5, 0.6) is 5.75 Å². The van der Waals surface area contributed by atoms with E-state index in [1.807, 2.05) is 6.07 Å². The molecule has 0 radical (unpaired) electrons. The van der Waals surface area contributed by atoms with Gasteiger partial charge in [0.05, 0.1) is 11.6 Å². The van der Waals surface area contributed by atoms with Gasteiger partial charge in [-0.2, -0.15) is 0 Å². The van der Waals surface area contributed by atoms with Crippen LogP contribution in [0.2, 0.25) is 10.0 Å². The number of fused-ring (bicyclic) bond motifs is 1. The van der Waals surface area contributed by atoms with Crippen molar-refractivity contribution in [1.29, 1.82) is 0 Å². The number of benzene rings is 1. The molecule has 1 aromatic carbocycles. The lowest BCUT2D eigenvalue weighted by Gasteiger charge is -2.32. The third kappa shape index (κ3) is 3.60. The SMILES string of the molecule is CC(CNC1CCOc2c(Cl)cc(Cl)cc21)C(C)(C)C. The minimum absolute atomic E-state index is 0.264. The third-order valence-electron chi connectivity index (χ3n) is 4.21. The van der Waals surface area contributed by atoms with Gasteiger partial charge in [0.2, 0.25) is 0 Å². The molecule has 0 spiro atoms. The quantitative estimate of drug-likeness (QED) is 0.839. The molecule has 0 saturated carbocycles. The zero-order chi connectivity index (χ0) is 14.9. The Hall–Kier alpha value is -0.440. The van der Waals surface area contributed by atoms with E-state index in [0.717, 1.165) is 24.3 Å². The van der Waals surface area contributed by atoms with Gasteiger partial charge in [-0.1, -0.05) is 50.9 Å². The van der Waals surface area contributed by atoms with Crippen molar-refractivity contribution in [3.8, 4) is 5.75 Å². The van der Waals surface area contributed by atoms with E-state index in [9.17, 15) is 0 Å². The summed E-state index contributed by atoms with van der Waals surface area (Å²) in [6.07, 6.45) is 0.945. The normalized spacial score (nSPS) is 20.2. The molecule has 1 aliphatic rings. The smallest absolute Gasteiger partial charge is 0.142 e. The first-order valence-electron chi connectivity index (χ1n) is 7.14. The Morgan fingerprint density at radius 2 is 2.05 bits per heavy atom. The van der Waals surface area contributed by atoms with Gasteiger partial charge in [0.25, 0.3) is 0 Å². The number of hydrogen-bond donors (Lipinski definition) is 1. The number of hydrogen-bond acceptors (Lipinski definition) is 2. The van der Waals surface area contributed by atoms with Crippen molar-refractivity contribution in [2.75, 3.05) is 13.2 Å². The average molecular weight is 316 g/mol. The zero-order valence-electron chi connectivity index (χ0n) is 12.6. The largest absolute Gasteiger partial charge is 0.492 e. The Labute approximate surface area is 131 Å². The second-order valence-electron chi connectivity index (χ2n) is 6.67. The van der Waals surface area contributed by atoms with Crippen molar-refractivity contribution in [3.05, 3.63) is 27.7 Å². The van der Waals surface area contributed by atoms with Crippen LogP contribution in [0.1, 0.15) is 45.7 Å². The second-order valence-corrected chi connectivity index (χ2v) is 7.51. The number of halogens is 2. The molecule has 0 bridgehead atoms. The van der Waals surface area contributed by atoms with Crippen LogP contribution >= 0.6 is 23.2 Å². The maximum atomic E-state index is 6.21. The zero-order valence-corrected chi connectivity index (χ0v) is 14.1. The molecule has 2 unspecified atom stereocenters. The van der Waals surface area contributed by atoms with E-state index in [0.29, 0.717) is 28.0 Å². The molecule has 112 valence electrons. The van der Waals surface area contributed by atoms with Gasteiger partial charge in [-0.05, 0) is 30.0 Å². The van der Waals surface area contributed by atoms with Gasteiger partial charge in [-0.25, -0.2) is 0 Å². The molecular formula is C16H23Cl2NO. The lowest BCUT2D eigenvalue weighted by Crippen LogP contribution is -2.34. The minimum Gasteiger partial charge on any atom is -0.492 e. The van der Waals surface area contributed by atoms with Crippen LogP contribution in [0.25, 0.3) is 0 Å². The summed E-state index contributed by atoms with van der Waals surface area (Å²) in [4.78, 5) is 0. The number of nitrogens with one attached hydrogen (secondary N) is 1. The van der Waals surface area contributed by atoms with Crippen LogP contribution in [0, 0.1) is 11.3 Å². The van der Waals surface area contributed by atoms with Gasteiger partial charge >= 0.3 is 0 Å². The van der Waals surface area contributed by atoms with E-state index >= 15 is 0 Å². The van der Waals surface area contributed by atoms with Crippen molar-refractivity contribution < 1.29 is 4.74 Å². The maximum absolute atomic E-state index is 6.21. The molecule has 2 atom stereocenters. The summed E-state index contributed by atoms with van der Waals surface area (Å²) in [6, 6.07) is 3.96. The lowest BCUT2D eigenvalue weighted by molar-refractivity contribution is 0.218. The Morgan fingerprint density at radius 3 is 2.70 bits per heavy atom. The minimum atomic E-state index is 0.264. The monoisotopic (exact) mass is 315 g/mol. The van der Waals surface area contributed by atoms with Gasteiger partial charge in [-0.3, -0.25) is 0 Å². The summed E-state index contributed by atoms with van der Waals surface area (Å²) in [6.45, 7) is 10.7. The van der Waals surface area contributed by atoms with Gasteiger partial charge in [-0.15, -0.1) is 0 Å².